The highest BCUT2D eigenvalue weighted by Crippen LogP contribution is 2.26. The van der Waals surface area contributed by atoms with E-state index in [1.807, 2.05) is 0 Å². The van der Waals surface area contributed by atoms with Gasteiger partial charge in [0.1, 0.15) is 11.9 Å². The summed E-state index contributed by atoms with van der Waals surface area (Å²) in [7, 11) is 0. The van der Waals surface area contributed by atoms with Crippen molar-refractivity contribution in [2.24, 2.45) is 0 Å². The van der Waals surface area contributed by atoms with Gasteiger partial charge in [0.15, 0.2) is 0 Å². The lowest BCUT2D eigenvalue weighted by molar-refractivity contribution is -0.134. The van der Waals surface area contributed by atoms with Crippen LogP contribution in [0.1, 0.15) is 37.4 Å². The quantitative estimate of drug-likeness (QED) is 0.785. The molecular weight excluding hydrogens is 324 g/mol. The summed E-state index contributed by atoms with van der Waals surface area (Å²) in [4.78, 5) is 34.0. The fraction of sp³-hybridized carbons (Fsp3) is 0.706. The molecule has 1 amide bonds. The molecule has 1 atom stereocenters. The van der Waals surface area contributed by atoms with Crippen molar-refractivity contribution in [3.8, 4) is 0 Å². The minimum atomic E-state index is -0.786. The zero-order chi connectivity index (χ0) is 18.0. The Morgan fingerprint density at radius 3 is 2.80 bits per heavy atom. The van der Waals surface area contributed by atoms with Gasteiger partial charge in [-0.2, -0.15) is 0 Å². The number of aromatic amines is 1. The van der Waals surface area contributed by atoms with Gasteiger partial charge in [0, 0.05) is 45.7 Å². The Hall–Kier alpha value is -1.77. The summed E-state index contributed by atoms with van der Waals surface area (Å²) >= 11 is 0. The second kappa shape index (κ2) is 7.23. The highest BCUT2D eigenvalue weighted by Gasteiger charge is 2.36. The van der Waals surface area contributed by atoms with Gasteiger partial charge in [0.25, 0.3) is 5.56 Å². The fourth-order valence-electron chi connectivity index (χ4n) is 3.60. The normalized spacial score (nSPS) is 24.3. The van der Waals surface area contributed by atoms with Crippen LogP contribution in [0.5, 0.6) is 0 Å². The van der Waals surface area contributed by atoms with E-state index in [1.165, 1.54) is 6.07 Å². The number of piperidine rings is 1. The number of nitrogens with one attached hydrogen (secondary N) is 1. The minimum Gasteiger partial charge on any atom is -0.388 e. The number of carbonyl (C=O) groups is 1. The Bertz CT molecular complexity index is 681. The molecule has 25 heavy (non-hydrogen) atoms. The molecule has 2 aliphatic rings. The molecule has 2 fully saturated rings. The summed E-state index contributed by atoms with van der Waals surface area (Å²) in [5.41, 5.74) is -0.339. The predicted octanol–water partition coefficient (Wildman–Crippen LogP) is -0.175. The molecule has 2 saturated heterocycles. The number of hydrogen-bond acceptors (Lipinski definition) is 6. The van der Waals surface area contributed by atoms with Crippen LogP contribution in [0.3, 0.4) is 0 Å². The van der Waals surface area contributed by atoms with Crippen molar-refractivity contribution in [1.82, 2.24) is 19.8 Å². The third-order valence-corrected chi connectivity index (χ3v) is 5.02. The maximum atomic E-state index is 11.7. The molecule has 2 N–H and O–H groups in total. The van der Waals surface area contributed by atoms with E-state index in [0.29, 0.717) is 57.1 Å². The minimum absolute atomic E-state index is 0.0595. The number of β-amino-alcohol motifs (C(OH)–C–C–N with tert-alkyl or cyclic N) is 1. The van der Waals surface area contributed by atoms with E-state index in [1.54, 1.807) is 18.7 Å². The lowest BCUT2D eigenvalue weighted by Crippen LogP contribution is -2.53. The molecule has 2 aliphatic heterocycles. The van der Waals surface area contributed by atoms with Crippen LogP contribution in [0, 0.1) is 6.92 Å². The van der Waals surface area contributed by atoms with Crippen molar-refractivity contribution < 1.29 is 14.6 Å². The van der Waals surface area contributed by atoms with Crippen molar-refractivity contribution >= 4 is 5.91 Å². The molecule has 0 unspecified atom stereocenters. The molecule has 1 aromatic rings. The van der Waals surface area contributed by atoms with E-state index in [2.05, 4.69) is 14.9 Å². The van der Waals surface area contributed by atoms with Crippen LogP contribution >= 0.6 is 0 Å². The summed E-state index contributed by atoms with van der Waals surface area (Å²) in [5, 5.41) is 10.9. The van der Waals surface area contributed by atoms with Crippen molar-refractivity contribution in [2.75, 3.05) is 39.3 Å². The highest BCUT2D eigenvalue weighted by molar-refractivity contribution is 5.73. The number of aryl methyl sites for hydroxylation is 1. The molecule has 8 nitrogen and oxygen atoms in total. The Morgan fingerprint density at radius 1 is 1.44 bits per heavy atom. The largest absolute Gasteiger partial charge is 0.388 e. The molecule has 0 aromatic carbocycles. The number of morpholine rings is 1. The molecule has 3 rings (SSSR count). The van der Waals surface area contributed by atoms with Crippen LogP contribution in [-0.4, -0.2) is 75.7 Å². The smallest absolute Gasteiger partial charge is 0.251 e. The number of aromatic nitrogens is 2. The van der Waals surface area contributed by atoms with Crippen LogP contribution < -0.4 is 5.56 Å². The summed E-state index contributed by atoms with van der Waals surface area (Å²) in [6.45, 7) is 6.90. The Kier molecular flexibility index (Phi) is 5.21. The fourth-order valence-corrected chi connectivity index (χ4v) is 3.60. The zero-order valence-corrected chi connectivity index (χ0v) is 14.8. The summed E-state index contributed by atoms with van der Waals surface area (Å²) in [5.74, 6) is 0.627. The number of amides is 1. The first-order valence-corrected chi connectivity index (χ1v) is 8.74. The molecule has 1 aromatic heterocycles. The first-order chi connectivity index (χ1) is 11.8. The van der Waals surface area contributed by atoms with Gasteiger partial charge in [0.2, 0.25) is 5.91 Å². The van der Waals surface area contributed by atoms with Gasteiger partial charge >= 0.3 is 0 Å². The van der Waals surface area contributed by atoms with Gasteiger partial charge in [-0.15, -0.1) is 0 Å². The van der Waals surface area contributed by atoms with E-state index in [0.717, 1.165) is 6.54 Å². The molecule has 138 valence electrons. The molecule has 0 saturated carbocycles. The number of ether oxygens (including phenoxy) is 1. The predicted molar refractivity (Wildman–Crippen MR) is 91.2 cm³/mol. The van der Waals surface area contributed by atoms with Crippen LogP contribution in [-0.2, 0) is 9.53 Å². The monoisotopic (exact) mass is 350 g/mol. The maximum Gasteiger partial charge on any atom is 0.251 e. The summed E-state index contributed by atoms with van der Waals surface area (Å²) < 4.78 is 5.78. The summed E-state index contributed by atoms with van der Waals surface area (Å²) in [6.07, 6.45) is 0.893. The first-order valence-electron chi connectivity index (χ1n) is 8.74. The molecule has 3 heterocycles. The molecule has 8 heteroatoms. The molecule has 0 bridgehead atoms. The molecule has 0 spiro atoms. The SMILES string of the molecule is CC(=O)N1CCC(O)(CN2CCO[C@H](c3cc(=O)[nH]c(C)n3)C2)CC1. The van der Waals surface area contributed by atoms with Gasteiger partial charge in [-0.25, -0.2) is 4.98 Å². The Balaban J connectivity index is 1.62. The maximum absolute atomic E-state index is 11.7. The number of nitrogens with zero attached hydrogens (tertiary/aromatic N) is 3. The second-order valence-corrected chi connectivity index (χ2v) is 7.08. The Labute approximate surface area is 146 Å². The number of likely N-dealkylation sites (tertiary alicyclic amines) is 1. The van der Waals surface area contributed by atoms with E-state index < -0.39 is 5.60 Å². The second-order valence-electron chi connectivity index (χ2n) is 7.08. The van der Waals surface area contributed by atoms with Crippen molar-refractivity contribution in [3.05, 3.63) is 27.9 Å². The van der Waals surface area contributed by atoms with Crippen molar-refractivity contribution in [3.63, 3.8) is 0 Å². The topological polar surface area (TPSA) is 98.8 Å². The van der Waals surface area contributed by atoms with Crippen LogP contribution in [0.4, 0.5) is 0 Å². The Morgan fingerprint density at radius 2 is 2.16 bits per heavy atom. The molecule has 0 radical (unpaired) electrons. The number of aliphatic hydroxyl groups is 1. The van der Waals surface area contributed by atoms with Crippen LogP contribution in [0.25, 0.3) is 0 Å². The number of hydrogen-bond donors (Lipinski definition) is 2. The number of carbonyl (C=O) groups excluding carboxylic acids is 1. The lowest BCUT2D eigenvalue weighted by atomic mass is 9.90. The third kappa shape index (κ3) is 4.45. The standard InChI is InChI=1S/C17H26N4O4/c1-12-18-14(9-16(23)19-12)15-10-20(7-8-25-15)11-17(24)3-5-21(6-4-17)13(2)22/h9,15,24H,3-8,10-11H2,1-2H3,(H,18,19,23)/t15-/m0/s1. The average Bonchev–Trinajstić information content (AvgIpc) is 2.54. The van der Waals surface area contributed by atoms with Crippen molar-refractivity contribution in [2.45, 2.75) is 38.4 Å². The molecular formula is C17H26N4O4. The van der Waals surface area contributed by atoms with Gasteiger partial charge in [-0.3, -0.25) is 14.5 Å². The molecule has 0 aliphatic carbocycles. The highest BCUT2D eigenvalue weighted by atomic mass is 16.5. The van der Waals surface area contributed by atoms with Crippen LogP contribution in [0.2, 0.25) is 0 Å². The van der Waals surface area contributed by atoms with E-state index in [9.17, 15) is 14.7 Å². The van der Waals surface area contributed by atoms with Gasteiger partial charge in [0.05, 0.1) is 17.9 Å². The van der Waals surface area contributed by atoms with Crippen LogP contribution in [0.15, 0.2) is 10.9 Å². The van der Waals surface area contributed by atoms with Crippen molar-refractivity contribution in [1.29, 1.82) is 0 Å². The first kappa shape index (κ1) is 18.0. The van der Waals surface area contributed by atoms with E-state index >= 15 is 0 Å². The van der Waals surface area contributed by atoms with E-state index in [-0.39, 0.29) is 17.6 Å². The average molecular weight is 350 g/mol. The zero-order valence-electron chi connectivity index (χ0n) is 14.8. The number of H-pyrrole nitrogens is 1. The number of rotatable bonds is 3. The summed E-state index contributed by atoms with van der Waals surface area (Å²) in [6, 6.07) is 1.47. The lowest BCUT2D eigenvalue weighted by Gasteiger charge is -2.42. The van der Waals surface area contributed by atoms with Gasteiger partial charge in [-0.05, 0) is 19.8 Å². The van der Waals surface area contributed by atoms with Gasteiger partial charge < -0.3 is 19.7 Å². The van der Waals surface area contributed by atoms with E-state index in [4.69, 9.17) is 4.74 Å². The van der Waals surface area contributed by atoms with Gasteiger partial charge in [-0.1, -0.05) is 0 Å². The third-order valence-electron chi connectivity index (χ3n) is 5.02.